The van der Waals surface area contributed by atoms with Crippen LogP contribution in [-0.2, 0) is 6.42 Å². The van der Waals surface area contributed by atoms with E-state index < -0.39 is 0 Å². The molecule has 0 saturated carbocycles. The standard InChI is InChI=1S/C15H17N3O2S/c1-2-21-12-5-3-11(4-6-12)9-10-16-15(20)13-7-8-14(19)18-17-13/h3-8H,2,9-10H2,1H3,(H,16,20)(H,18,19). The van der Waals surface area contributed by atoms with Gasteiger partial charge in [0, 0.05) is 17.5 Å². The quantitative estimate of drug-likeness (QED) is 0.799. The van der Waals surface area contributed by atoms with Crippen LogP contribution in [0.25, 0.3) is 0 Å². The first-order chi connectivity index (χ1) is 10.2. The van der Waals surface area contributed by atoms with Gasteiger partial charge >= 0.3 is 0 Å². The van der Waals surface area contributed by atoms with Crippen LogP contribution in [0.4, 0.5) is 0 Å². The Kier molecular flexibility index (Phi) is 5.57. The minimum Gasteiger partial charge on any atom is -0.350 e. The van der Waals surface area contributed by atoms with E-state index in [0.717, 1.165) is 12.2 Å². The second kappa shape index (κ2) is 7.64. The van der Waals surface area contributed by atoms with Gasteiger partial charge in [0.15, 0.2) is 0 Å². The van der Waals surface area contributed by atoms with Crippen molar-refractivity contribution in [3.8, 4) is 0 Å². The zero-order valence-corrected chi connectivity index (χ0v) is 12.6. The minimum absolute atomic E-state index is 0.212. The fraction of sp³-hybridized carbons (Fsp3) is 0.267. The third kappa shape index (κ3) is 4.75. The van der Waals surface area contributed by atoms with Crippen LogP contribution in [0.1, 0.15) is 23.0 Å². The second-order valence-corrected chi connectivity index (χ2v) is 5.73. The summed E-state index contributed by atoms with van der Waals surface area (Å²) in [5.41, 5.74) is 1.06. The van der Waals surface area contributed by atoms with Gasteiger partial charge in [0.1, 0.15) is 5.69 Å². The highest BCUT2D eigenvalue weighted by Gasteiger charge is 2.06. The number of nitrogens with one attached hydrogen (secondary N) is 2. The molecule has 5 nitrogen and oxygen atoms in total. The summed E-state index contributed by atoms with van der Waals surface area (Å²) in [4.78, 5) is 23.9. The Balaban J connectivity index is 1.82. The van der Waals surface area contributed by atoms with Gasteiger partial charge in [-0.05, 0) is 35.9 Å². The number of hydrogen-bond donors (Lipinski definition) is 2. The maximum atomic E-state index is 11.8. The highest BCUT2D eigenvalue weighted by Crippen LogP contribution is 2.17. The molecule has 2 rings (SSSR count). The van der Waals surface area contributed by atoms with Crippen molar-refractivity contribution in [3.05, 3.63) is 58.0 Å². The molecular formula is C15H17N3O2S. The predicted molar refractivity (Wildman–Crippen MR) is 83.7 cm³/mol. The lowest BCUT2D eigenvalue weighted by molar-refractivity contribution is 0.0948. The molecule has 1 aromatic heterocycles. The van der Waals surface area contributed by atoms with E-state index in [1.54, 1.807) is 11.8 Å². The van der Waals surface area contributed by atoms with Crippen LogP contribution in [0.5, 0.6) is 0 Å². The molecule has 0 fully saturated rings. The topological polar surface area (TPSA) is 74.8 Å². The lowest BCUT2D eigenvalue weighted by Gasteiger charge is -2.05. The molecule has 0 saturated heterocycles. The van der Waals surface area contributed by atoms with Gasteiger partial charge in [0.2, 0.25) is 0 Å². The molecule has 2 aromatic rings. The molecular weight excluding hydrogens is 286 g/mol. The van der Waals surface area contributed by atoms with Gasteiger partial charge in [-0.2, -0.15) is 5.10 Å². The Bertz CT molecular complexity index is 632. The first-order valence-electron chi connectivity index (χ1n) is 6.74. The van der Waals surface area contributed by atoms with Gasteiger partial charge in [-0.25, -0.2) is 5.10 Å². The normalized spacial score (nSPS) is 10.3. The number of hydrogen-bond acceptors (Lipinski definition) is 4. The second-order valence-electron chi connectivity index (χ2n) is 4.39. The lowest BCUT2D eigenvalue weighted by atomic mass is 10.1. The fourth-order valence-electron chi connectivity index (χ4n) is 1.80. The number of amides is 1. The predicted octanol–water partition coefficient (Wildman–Crippen LogP) is 1.85. The van der Waals surface area contributed by atoms with Crippen LogP contribution in [-0.4, -0.2) is 28.4 Å². The van der Waals surface area contributed by atoms with Crippen molar-refractivity contribution in [1.29, 1.82) is 0 Å². The summed E-state index contributed by atoms with van der Waals surface area (Å²) in [6, 6.07) is 11.0. The average Bonchev–Trinajstić information content (AvgIpc) is 2.50. The molecule has 0 aliphatic carbocycles. The van der Waals surface area contributed by atoms with Crippen LogP contribution < -0.4 is 10.9 Å². The van der Waals surface area contributed by atoms with Gasteiger partial charge in [0.05, 0.1) is 0 Å². The number of aromatic nitrogens is 2. The molecule has 1 heterocycles. The molecule has 1 amide bonds. The van der Waals surface area contributed by atoms with E-state index in [0.29, 0.717) is 6.54 Å². The highest BCUT2D eigenvalue weighted by atomic mass is 32.2. The van der Waals surface area contributed by atoms with Crippen LogP contribution in [0.2, 0.25) is 0 Å². The summed E-state index contributed by atoms with van der Waals surface area (Å²) in [7, 11) is 0. The molecule has 1 aromatic carbocycles. The van der Waals surface area contributed by atoms with Crippen molar-refractivity contribution in [2.24, 2.45) is 0 Å². The van der Waals surface area contributed by atoms with E-state index in [2.05, 4.69) is 46.7 Å². The van der Waals surface area contributed by atoms with Crippen molar-refractivity contribution in [2.75, 3.05) is 12.3 Å². The molecule has 0 aliphatic heterocycles. The van der Waals surface area contributed by atoms with Crippen molar-refractivity contribution in [2.45, 2.75) is 18.2 Å². The van der Waals surface area contributed by atoms with Crippen LogP contribution >= 0.6 is 11.8 Å². The maximum Gasteiger partial charge on any atom is 0.271 e. The molecule has 0 unspecified atom stereocenters. The largest absolute Gasteiger partial charge is 0.350 e. The molecule has 0 aliphatic rings. The Hall–Kier alpha value is -2.08. The number of nitrogens with zero attached hydrogens (tertiary/aromatic N) is 1. The number of H-pyrrole nitrogens is 1. The van der Waals surface area contributed by atoms with Crippen molar-refractivity contribution in [1.82, 2.24) is 15.5 Å². The van der Waals surface area contributed by atoms with Crippen LogP contribution in [0, 0.1) is 0 Å². The first kappa shape index (κ1) is 15.3. The van der Waals surface area contributed by atoms with Crippen molar-refractivity contribution in [3.63, 3.8) is 0 Å². The van der Waals surface area contributed by atoms with Gasteiger partial charge < -0.3 is 5.32 Å². The van der Waals surface area contributed by atoms with E-state index in [1.807, 2.05) is 0 Å². The highest BCUT2D eigenvalue weighted by molar-refractivity contribution is 7.99. The summed E-state index contributed by atoms with van der Waals surface area (Å²) in [5.74, 6) is 0.770. The summed E-state index contributed by atoms with van der Waals surface area (Å²) in [6.45, 7) is 2.65. The lowest BCUT2D eigenvalue weighted by Crippen LogP contribution is -2.27. The Morgan fingerprint density at radius 2 is 2.00 bits per heavy atom. The third-order valence-corrected chi connectivity index (χ3v) is 3.74. The van der Waals surface area contributed by atoms with E-state index in [-0.39, 0.29) is 17.2 Å². The zero-order valence-electron chi connectivity index (χ0n) is 11.8. The Labute approximate surface area is 127 Å². The molecule has 6 heteroatoms. The maximum absolute atomic E-state index is 11.8. The first-order valence-corrected chi connectivity index (χ1v) is 7.73. The smallest absolute Gasteiger partial charge is 0.271 e. The van der Waals surface area contributed by atoms with Crippen molar-refractivity contribution < 1.29 is 4.79 Å². The molecule has 0 radical (unpaired) electrons. The molecule has 0 spiro atoms. The number of aromatic amines is 1. The van der Waals surface area contributed by atoms with E-state index >= 15 is 0 Å². The minimum atomic E-state index is -0.323. The van der Waals surface area contributed by atoms with E-state index in [9.17, 15) is 9.59 Å². The Morgan fingerprint density at radius 3 is 2.62 bits per heavy atom. The molecule has 21 heavy (non-hydrogen) atoms. The van der Waals surface area contributed by atoms with Gasteiger partial charge in [-0.3, -0.25) is 9.59 Å². The number of thioether (sulfide) groups is 1. The number of benzene rings is 1. The molecule has 0 bridgehead atoms. The molecule has 2 N–H and O–H groups in total. The third-order valence-electron chi connectivity index (χ3n) is 2.85. The van der Waals surface area contributed by atoms with Crippen molar-refractivity contribution >= 4 is 17.7 Å². The summed E-state index contributed by atoms with van der Waals surface area (Å²) < 4.78 is 0. The zero-order chi connectivity index (χ0) is 15.1. The summed E-state index contributed by atoms with van der Waals surface area (Å²) in [6.07, 6.45) is 0.756. The van der Waals surface area contributed by atoms with Crippen LogP contribution in [0.15, 0.2) is 46.1 Å². The monoisotopic (exact) mass is 303 g/mol. The van der Waals surface area contributed by atoms with Crippen LogP contribution in [0.3, 0.4) is 0 Å². The fourth-order valence-corrected chi connectivity index (χ4v) is 2.46. The SMILES string of the molecule is CCSc1ccc(CCNC(=O)c2ccc(=O)[nH]n2)cc1. The van der Waals surface area contributed by atoms with Gasteiger partial charge in [-0.1, -0.05) is 19.1 Å². The summed E-state index contributed by atoms with van der Waals surface area (Å²) >= 11 is 1.80. The Morgan fingerprint density at radius 1 is 1.24 bits per heavy atom. The van der Waals surface area contributed by atoms with Gasteiger partial charge in [-0.15, -0.1) is 11.8 Å². The molecule has 0 atom stereocenters. The number of carbonyl (C=O) groups is 1. The average molecular weight is 303 g/mol. The summed E-state index contributed by atoms with van der Waals surface area (Å²) in [5, 5.41) is 8.70. The van der Waals surface area contributed by atoms with E-state index in [4.69, 9.17) is 0 Å². The van der Waals surface area contributed by atoms with Gasteiger partial charge in [0.25, 0.3) is 11.5 Å². The number of carbonyl (C=O) groups excluding carboxylic acids is 1. The number of rotatable bonds is 6. The molecule has 110 valence electrons. The van der Waals surface area contributed by atoms with E-state index in [1.165, 1.54) is 22.6 Å².